The Morgan fingerprint density at radius 1 is 1.09 bits per heavy atom. The van der Waals surface area contributed by atoms with E-state index in [-0.39, 0.29) is 6.09 Å². The van der Waals surface area contributed by atoms with E-state index < -0.39 is 29.9 Å². The van der Waals surface area contributed by atoms with Crippen LogP contribution in [-0.4, -0.2) is 66.1 Å². The molecule has 2 aliphatic heterocycles. The van der Waals surface area contributed by atoms with Crippen molar-refractivity contribution < 1.29 is 28.4 Å². The maximum Gasteiger partial charge on any atom is 0.497 e. The molecule has 1 aromatic heterocycles. The number of fused-ring (bicyclic) bond motifs is 1. The number of hydrogen-bond acceptors (Lipinski definition) is 6. The molecule has 0 radical (unpaired) electrons. The minimum Gasteiger partial charge on any atom is -0.465 e. The summed E-state index contributed by atoms with van der Waals surface area (Å²) in [6.07, 6.45) is 2.52. The van der Waals surface area contributed by atoms with Gasteiger partial charge in [0.05, 0.1) is 30.4 Å². The molecule has 1 amide bonds. The summed E-state index contributed by atoms with van der Waals surface area (Å²) in [5.41, 5.74) is 2.21. The molecule has 8 nitrogen and oxygen atoms in total. The van der Waals surface area contributed by atoms with E-state index in [1.165, 1.54) is 7.11 Å². The summed E-state index contributed by atoms with van der Waals surface area (Å²) >= 11 is 0. The third-order valence-corrected chi connectivity index (χ3v) is 6.84. The largest absolute Gasteiger partial charge is 0.497 e. The molecule has 0 unspecified atom stereocenters. The molecule has 0 spiro atoms. The van der Waals surface area contributed by atoms with Crippen LogP contribution in [0.25, 0.3) is 16.5 Å². The van der Waals surface area contributed by atoms with Crippen molar-refractivity contribution in [2.45, 2.75) is 71.7 Å². The second-order valence-electron chi connectivity index (χ2n) is 11.2. The number of methoxy groups -OCH3 is 1. The molecule has 3 heterocycles. The predicted molar refractivity (Wildman–Crippen MR) is 136 cm³/mol. The fourth-order valence-electron chi connectivity index (χ4n) is 4.26. The highest BCUT2D eigenvalue weighted by atomic mass is 16.7. The van der Waals surface area contributed by atoms with Crippen molar-refractivity contribution in [2.75, 3.05) is 20.2 Å². The first-order valence-electron chi connectivity index (χ1n) is 12.0. The molecular weight excluding hydrogens is 447 g/mol. The number of carbonyl (C=O) groups excluding carboxylic acids is 2. The zero-order valence-electron chi connectivity index (χ0n) is 21.9. The molecule has 188 valence electrons. The number of hydrogen-bond donors (Lipinski definition) is 1. The maximum absolute atomic E-state index is 12.6. The Morgan fingerprint density at radius 3 is 2.34 bits per heavy atom. The SMILES string of the molecule is COC(=O)c1cc(B2OC(C)(C)C(C)(C)O2)c2[nH]c(C3=CCCN(C(=O)OC(C)(C)C)C3)cc2c1. The summed E-state index contributed by atoms with van der Waals surface area (Å²) < 4.78 is 23.1. The number of rotatable bonds is 3. The topological polar surface area (TPSA) is 90.1 Å². The molecule has 0 saturated carbocycles. The second-order valence-corrected chi connectivity index (χ2v) is 11.2. The number of nitrogens with one attached hydrogen (secondary N) is 1. The zero-order chi connectivity index (χ0) is 25.8. The number of H-pyrrole nitrogens is 1. The van der Waals surface area contributed by atoms with E-state index in [1.54, 1.807) is 17.0 Å². The molecule has 2 aliphatic rings. The van der Waals surface area contributed by atoms with Crippen LogP contribution in [0.15, 0.2) is 24.3 Å². The molecule has 4 rings (SSSR count). The summed E-state index contributed by atoms with van der Waals surface area (Å²) in [7, 11) is 0.707. The van der Waals surface area contributed by atoms with Gasteiger partial charge in [-0.2, -0.15) is 0 Å². The fraction of sp³-hybridized carbons (Fsp3) is 0.538. The summed E-state index contributed by atoms with van der Waals surface area (Å²) in [5, 5.41) is 0.836. The first-order chi connectivity index (χ1) is 16.2. The van der Waals surface area contributed by atoms with Gasteiger partial charge >= 0.3 is 19.2 Å². The molecule has 1 fully saturated rings. The lowest BCUT2D eigenvalue weighted by Crippen LogP contribution is -2.41. The predicted octanol–water partition coefficient (Wildman–Crippen LogP) is 4.28. The highest BCUT2D eigenvalue weighted by Crippen LogP contribution is 2.37. The van der Waals surface area contributed by atoms with E-state index >= 15 is 0 Å². The Hall–Kier alpha value is -2.78. The molecule has 1 saturated heterocycles. The quantitative estimate of drug-likeness (QED) is 0.519. The van der Waals surface area contributed by atoms with E-state index in [9.17, 15) is 9.59 Å². The van der Waals surface area contributed by atoms with Crippen LogP contribution in [0.1, 0.15) is 70.9 Å². The number of esters is 1. The summed E-state index contributed by atoms with van der Waals surface area (Å²) in [6, 6.07) is 5.55. The van der Waals surface area contributed by atoms with Gasteiger partial charge < -0.3 is 28.7 Å². The number of aromatic nitrogens is 1. The van der Waals surface area contributed by atoms with Crippen LogP contribution in [-0.2, 0) is 18.8 Å². The molecule has 0 bridgehead atoms. The number of nitrogens with zero attached hydrogens (tertiary/aromatic N) is 1. The monoisotopic (exact) mass is 482 g/mol. The van der Waals surface area contributed by atoms with Crippen LogP contribution in [0.3, 0.4) is 0 Å². The molecule has 0 atom stereocenters. The second kappa shape index (κ2) is 8.71. The van der Waals surface area contributed by atoms with E-state index in [0.717, 1.165) is 34.1 Å². The van der Waals surface area contributed by atoms with Crippen LogP contribution in [0.5, 0.6) is 0 Å². The number of aromatic amines is 1. The van der Waals surface area contributed by atoms with Gasteiger partial charge in [-0.25, -0.2) is 9.59 Å². The summed E-state index contributed by atoms with van der Waals surface area (Å²) in [5.74, 6) is -0.430. The average molecular weight is 482 g/mol. The Balaban J connectivity index is 1.71. The van der Waals surface area contributed by atoms with Crippen molar-refractivity contribution in [1.82, 2.24) is 9.88 Å². The molecule has 1 N–H and O–H groups in total. The van der Waals surface area contributed by atoms with Gasteiger partial charge in [-0.15, -0.1) is 0 Å². The average Bonchev–Trinajstić information content (AvgIpc) is 3.28. The van der Waals surface area contributed by atoms with E-state index in [4.69, 9.17) is 18.8 Å². The Kier molecular flexibility index (Phi) is 6.30. The normalized spacial score (nSPS) is 19.6. The Morgan fingerprint density at radius 2 is 1.74 bits per heavy atom. The summed E-state index contributed by atoms with van der Waals surface area (Å²) in [6.45, 7) is 14.6. The number of carbonyl (C=O) groups is 2. The van der Waals surface area contributed by atoms with Crippen molar-refractivity contribution in [3.8, 4) is 0 Å². The van der Waals surface area contributed by atoms with Gasteiger partial charge in [-0.1, -0.05) is 6.08 Å². The highest BCUT2D eigenvalue weighted by Gasteiger charge is 2.52. The van der Waals surface area contributed by atoms with Crippen molar-refractivity contribution >= 4 is 41.1 Å². The molecular formula is C26H35BN2O6. The Bertz CT molecular complexity index is 1170. The van der Waals surface area contributed by atoms with Crippen molar-refractivity contribution in [1.29, 1.82) is 0 Å². The zero-order valence-corrected chi connectivity index (χ0v) is 21.9. The van der Waals surface area contributed by atoms with Crippen LogP contribution in [0, 0.1) is 0 Å². The maximum atomic E-state index is 12.6. The first kappa shape index (κ1) is 25.3. The number of amides is 1. The smallest absolute Gasteiger partial charge is 0.465 e. The first-order valence-corrected chi connectivity index (χ1v) is 12.0. The molecule has 2 aromatic rings. The van der Waals surface area contributed by atoms with Gasteiger partial charge in [0.1, 0.15) is 5.60 Å². The molecule has 1 aromatic carbocycles. The lowest BCUT2D eigenvalue weighted by atomic mass is 9.77. The van der Waals surface area contributed by atoms with E-state index in [2.05, 4.69) is 11.1 Å². The van der Waals surface area contributed by atoms with E-state index in [0.29, 0.717) is 18.7 Å². The van der Waals surface area contributed by atoms with Gasteiger partial charge in [0, 0.05) is 28.6 Å². The van der Waals surface area contributed by atoms with Crippen LogP contribution in [0.4, 0.5) is 4.79 Å². The minimum absolute atomic E-state index is 0.329. The van der Waals surface area contributed by atoms with Crippen LogP contribution < -0.4 is 5.46 Å². The van der Waals surface area contributed by atoms with Gasteiger partial charge in [0.15, 0.2) is 0 Å². The lowest BCUT2D eigenvalue weighted by molar-refractivity contribution is 0.00578. The highest BCUT2D eigenvalue weighted by molar-refractivity contribution is 6.65. The molecule has 0 aliphatic carbocycles. The number of ether oxygens (including phenoxy) is 2. The van der Waals surface area contributed by atoms with E-state index in [1.807, 2.05) is 54.5 Å². The fourth-order valence-corrected chi connectivity index (χ4v) is 4.26. The van der Waals surface area contributed by atoms with Crippen molar-refractivity contribution in [3.05, 3.63) is 35.5 Å². The van der Waals surface area contributed by atoms with Gasteiger partial charge in [0.2, 0.25) is 0 Å². The Labute approximate surface area is 207 Å². The summed E-state index contributed by atoms with van der Waals surface area (Å²) in [4.78, 5) is 30.3. The van der Waals surface area contributed by atoms with Gasteiger partial charge in [-0.05, 0) is 78.7 Å². The van der Waals surface area contributed by atoms with Gasteiger partial charge in [0.25, 0.3) is 0 Å². The van der Waals surface area contributed by atoms with Crippen LogP contribution in [0.2, 0.25) is 0 Å². The minimum atomic E-state index is -0.655. The van der Waals surface area contributed by atoms with Crippen LogP contribution >= 0.6 is 0 Å². The number of benzene rings is 1. The third-order valence-electron chi connectivity index (χ3n) is 6.84. The van der Waals surface area contributed by atoms with Gasteiger partial charge in [-0.3, -0.25) is 0 Å². The standard InChI is InChI=1S/C26H35BN2O6/c1-24(2,3)33-23(31)29-11-9-10-16(15-29)20-14-17-12-18(22(30)32-8)13-19(21(17)28-20)27-34-25(4,5)26(6,7)35-27/h10,12-14,28H,9,11,15H2,1-8H3. The molecule has 35 heavy (non-hydrogen) atoms. The third kappa shape index (κ3) is 4.97. The molecule has 9 heteroatoms. The van der Waals surface area contributed by atoms with Crippen molar-refractivity contribution in [3.63, 3.8) is 0 Å². The lowest BCUT2D eigenvalue weighted by Gasteiger charge is -2.32. The van der Waals surface area contributed by atoms with Crippen molar-refractivity contribution in [2.24, 2.45) is 0 Å².